The maximum absolute atomic E-state index is 12.7. The van der Waals surface area contributed by atoms with Gasteiger partial charge in [-0.3, -0.25) is 4.79 Å². The van der Waals surface area contributed by atoms with Gasteiger partial charge in [0.2, 0.25) is 0 Å². The van der Waals surface area contributed by atoms with E-state index in [1.165, 1.54) is 0 Å². The van der Waals surface area contributed by atoms with E-state index in [1.807, 2.05) is 26.0 Å². The number of phenolic OH excluding ortho intramolecular Hbond substituents is 1. The Bertz CT molecular complexity index is 790. The third-order valence-corrected chi connectivity index (χ3v) is 4.87. The summed E-state index contributed by atoms with van der Waals surface area (Å²) >= 11 is 0. The summed E-state index contributed by atoms with van der Waals surface area (Å²) in [4.78, 5) is 14.4. The van der Waals surface area contributed by atoms with Crippen molar-refractivity contribution in [3.63, 3.8) is 0 Å². The molecule has 3 N–H and O–H groups in total. The maximum Gasteiger partial charge on any atom is 0.257 e. The van der Waals surface area contributed by atoms with Crippen molar-refractivity contribution in [3.8, 4) is 17.2 Å². The molecular weight excluding hydrogens is 316 g/mol. The summed E-state index contributed by atoms with van der Waals surface area (Å²) in [6.45, 7) is 3.80. The quantitative estimate of drug-likeness (QED) is 0.825. The molecule has 0 aromatic heterocycles. The summed E-state index contributed by atoms with van der Waals surface area (Å²) in [6.07, 6.45) is 3.18. The van der Waals surface area contributed by atoms with Crippen molar-refractivity contribution in [3.05, 3.63) is 47.0 Å². The Morgan fingerprint density at radius 2 is 1.88 bits per heavy atom. The van der Waals surface area contributed by atoms with Gasteiger partial charge in [0, 0.05) is 18.8 Å². The number of aromatic hydroxyl groups is 1. The molecule has 5 nitrogen and oxygen atoms in total. The van der Waals surface area contributed by atoms with Crippen molar-refractivity contribution >= 4 is 11.6 Å². The van der Waals surface area contributed by atoms with Crippen LogP contribution >= 0.6 is 0 Å². The van der Waals surface area contributed by atoms with Crippen LogP contribution in [-0.4, -0.2) is 29.0 Å². The Labute approximate surface area is 148 Å². The molecule has 1 saturated carbocycles. The lowest BCUT2D eigenvalue weighted by molar-refractivity contribution is 0.0648. The van der Waals surface area contributed by atoms with Gasteiger partial charge in [0.05, 0.1) is 5.56 Å². The number of hydrogen-bond donors (Lipinski definition) is 2. The zero-order valence-electron chi connectivity index (χ0n) is 14.9. The average molecular weight is 340 g/mol. The highest BCUT2D eigenvalue weighted by Gasteiger charge is 2.28. The molecule has 0 aliphatic heterocycles. The van der Waals surface area contributed by atoms with Crippen molar-refractivity contribution in [2.24, 2.45) is 0 Å². The first-order chi connectivity index (χ1) is 11.9. The lowest BCUT2D eigenvalue weighted by Crippen LogP contribution is -2.41. The van der Waals surface area contributed by atoms with Gasteiger partial charge in [-0.15, -0.1) is 0 Å². The Morgan fingerprint density at radius 1 is 1.24 bits per heavy atom. The first-order valence-corrected chi connectivity index (χ1v) is 8.52. The molecule has 0 unspecified atom stereocenters. The fourth-order valence-corrected chi connectivity index (χ4v) is 3.16. The molecule has 2 aromatic carbocycles. The Hall–Kier alpha value is -2.69. The fourth-order valence-electron chi connectivity index (χ4n) is 3.16. The van der Waals surface area contributed by atoms with E-state index in [0.29, 0.717) is 11.4 Å². The Kier molecular flexibility index (Phi) is 4.57. The Morgan fingerprint density at radius 3 is 2.44 bits per heavy atom. The van der Waals surface area contributed by atoms with E-state index in [1.54, 1.807) is 30.1 Å². The smallest absolute Gasteiger partial charge is 0.257 e. The lowest BCUT2D eigenvalue weighted by Gasteiger charge is -2.34. The number of amides is 1. The van der Waals surface area contributed by atoms with Crippen LogP contribution in [0, 0.1) is 13.8 Å². The molecule has 1 aliphatic carbocycles. The van der Waals surface area contributed by atoms with Gasteiger partial charge >= 0.3 is 0 Å². The van der Waals surface area contributed by atoms with Crippen LogP contribution in [0.2, 0.25) is 0 Å². The number of rotatable bonds is 4. The van der Waals surface area contributed by atoms with E-state index < -0.39 is 0 Å². The van der Waals surface area contributed by atoms with Crippen molar-refractivity contribution in [1.82, 2.24) is 4.90 Å². The van der Waals surface area contributed by atoms with Crippen molar-refractivity contribution < 1.29 is 14.6 Å². The predicted octanol–water partition coefficient (Wildman–Crippen LogP) is 4.01. The predicted molar refractivity (Wildman–Crippen MR) is 98.2 cm³/mol. The molecule has 3 rings (SSSR count). The molecule has 0 radical (unpaired) electrons. The summed E-state index contributed by atoms with van der Waals surface area (Å²) in [5.41, 5.74) is 8.52. The van der Waals surface area contributed by atoms with Crippen LogP contribution in [0.3, 0.4) is 0 Å². The van der Waals surface area contributed by atoms with Gasteiger partial charge in [-0.25, -0.2) is 0 Å². The van der Waals surface area contributed by atoms with Crippen molar-refractivity contribution in [2.45, 2.75) is 39.2 Å². The second kappa shape index (κ2) is 6.67. The van der Waals surface area contributed by atoms with Gasteiger partial charge in [0.1, 0.15) is 5.75 Å². The number of nitrogens with zero attached hydrogens (tertiary/aromatic N) is 1. The topological polar surface area (TPSA) is 75.8 Å². The van der Waals surface area contributed by atoms with Crippen LogP contribution in [0.25, 0.3) is 0 Å². The van der Waals surface area contributed by atoms with Gasteiger partial charge in [-0.2, -0.15) is 0 Å². The monoisotopic (exact) mass is 340 g/mol. The molecule has 5 heteroatoms. The molecule has 2 aromatic rings. The van der Waals surface area contributed by atoms with Gasteiger partial charge in [-0.05, 0) is 68.5 Å². The molecule has 0 bridgehead atoms. The number of nitrogens with two attached hydrogens (primary N) is 1. The fraction of sp³-hybridized carbons (Fsp3) is 0.350. The van der Waals surface area contributed by atoms with Crippen LogP contribution in [0.4, 0.5) is 5.69 Å². The van der Waals surface area contributed by atoms with Crippen LogP contribution in [-0.2, 0) is 0 Å². The molecule has 1 amide bonds. The second-order valence-electron chi connectivity index (χ2n) is 6.74. The molecule has 1 fully saturated rings. The number of ether oxygens (including phenoxy) is 1. The average Bonchev–Trinajstić information content (AvgIpc) is 2.49. The van der Waals surface area contributed by atoms with Crippen molar-refractivity contribution in [2.75, 3.05) is 12.8 Å². The van der Waals surface area contributed by atoms with Gasteiger partial charge in [0.15, 0.2) is 11.5 Å². The molecule has 25 heavy (non-hydrogen) atoms. The third kappa shape index (κ3) is 3.27. The highest BCUT2D eigenvalue weighted by atomic mass is 16.5. The van der Waals surface area contributed by atoms with E-state index >= 15 is 0 Å². The Balaban J connectivity index is 1.90. The zero-order valence-corrected chi connectivity index (χ0v) is 14.9. The maximum atomic E-state index is 12.7. The summed E-state index contributed by atoms with van der Waals surface area (Å²) in [5.74, 6) is 0.595. The highest BCUT2D eigenvalue weighted by molar-refractivity contribution is 5.97. The van der Waals surface area contributed by atoms with Crippen LogP contribution in [0.15, 0.2) is 30.3 Å². The number of anilines is 1. The number of carbonyl (C=O) groups is 1. The molecule has 0 atom stereocenters. The molecule has 1 aliphatic rings. The number of aryl methyl sites for hydroxylation is 2. The molecule has 0 spiro atoms. The summed E-state index contributed by atoms with van der Waals surface area (Å²) in [7, 11) is 1.79. The van der Waals surface area contributed by atoms with E-state index in [2.05, 4.69) is 0 Å². The van der Waals surface area contributed by atoms with Gasteiger partial charge < -0.3 is 20.5 Å². The minimum atomic E-state index is -0.182. The number of nitrogen functional groups attached to an aromatic ring is 1. The highest BCUT2D eigenvalue weighted by Crippen LogP contribution is 2.38. The van der Waals surface area contributed by atoms with Gasteiger partial charge in [0.25, 0.3) is 5.91 Å². The number of benzene rings is 2. The van der Waals surface area contributed by atoms with Crippen LogP contribution in [0.1, 0.15) is 40.7 Å². The van der Waals surface area contributed by atoms with Crippen LogP contribution < -0.4 is 10.5 Å². The summed E-state index contributed by atoms with van der Waals surface area (Å²) in [5, 5.41) is 10.6. The minimum Gasteiger partial charge on any atom is -0.504 e. The number of phenols is 1. The van der Waals surface area contributed by atoms with Crippen LogP contribution in [0.5, 0.6) is 17.2 Å². The van der Waals surface area contributed by atoms with E-state index in [0.717, 1.165) is 30.4 Å². The molecule has 0 saturated heterocycles. The lowest BCUT2D eigenvalue weighted by atomic mass is 9.91. The molecule has 0 heterocycles. The number of para-hydroxylation sites is 1. The number of carbonyl (C=O) groups excluding carboxylic acids is 1. The third-order valence-electron chi connectivity index (χ3n) is 4.87. The normalized spacial score (nSPS) is 14.0. The largest absolute Gasteiger partial charge is 0.504 e. The van der Waals surface area contributed by atoms with E-state index in [4.69, 9.17) is 10.5 Å². The summed E-state index contributed by atoms with van der Waals surface area (Å²) < 4.78 is 5.92. The first-order valence-electron chi connectivity index (χ1n) is 8.52. The standard InChI is InChI=1S/C20H24N2O3/c1-12-10-14(21)11-13(2)19(12)25-17-9-5-8-16(18(17)23)20(24)22(3)15-6-4-7-15/h5,8-11,15,23H,4,6-7,21H2,1-3H3. The van der Waals surface area contributed by atoms with E-state index in [9.17, 15) is 9.90 Å². The molecular formula is C20H24N2O3. The SMILES string of the molecule is Cc1cc(N)cc(C)c1Oc1cccc(C(=O)N(C)C2CCC2)c1O. The van der Waals surface area contributed by atoms with Crippen molar-refractivity contribution in [1.29, 1.82) is 0 Å². The number of hydrogen-bond acceptors (Lipinski definition) is 4. The summed E-state index contributed by atoms with van der Waals surface area (Å²) in [6, 6.07) is 8.90. The second-order valence-corrected chi connectivity index (χ2v) is 6.74. The van der Waals surface area contributed by atoms with E-state index in [-0.39, 0.29) is 29.0 Å². The zero-order chi connectivity index (χ0) is 18.1. The van der Waals surface area contributed by atoms with Gasteiger partial charge in [-0.1, -0.05) is 6.07 Å². The minimum absolute atomic E-state index is 0.130. The molecule has 132 valence electrons. The first kappa shape index (κ1) is 17.1.